The van der Waals surface area contributed by atoms with Gasteiger partial charge in [-0.05, 0) is 17.5 Å². The summed E-state index contributed by atoms with van der Waals surface area (Å²) in [5.74, 6) is -0.870. The number of nitrogens with zero attached hydrogens (tertiary/aromatic N) is 2. The third-order valence-electron chi connectivity index (χ3n) is 3.67. The number of anilines is 1. The summed E-state index contributed by atoms with van der Waals surface area (Å²) in [6, 6.07) is 9.52. The largest absolute Gasteiger partial charge is 0.480 e. The molecule has 1 aliphatic heterocycles. The van der Waals surface area contributed by atoms with E-state index >= 15 is 0 Å². The van der Waals surface area contributed by atoms with Crippen molar-refractivity contribution in [2.24, 2.45) is 0 Å². The molecule has 0 spiro atoms. The molecule has 1 amide bonds. The van der Waals surface area contributed by atoms with Crippen LogP contribution in [0.1, 0.15) is 23.7 Å². The molecule has 0 bridgehead atoms. The van der Waals surface area contributed by atoms with Crippen LogP contribution in [0.3, 0.4) is 0 Å². The highest BCUT2D eigenvalue weighted by molar-refractivity contribution is 5.90. The molecule has 1 aromatic carbocycles. The smallest absolute Gasteiger partial charge is 0.325 e. The first-order chi connectivity index (χ1) is 11.1. The van der Waals surface area contributed by atoms with Crippen LogP contribution < -0.4 is 5.32 Å². The maximum absolute atomic E-state index is 12.2. The Balaban J connectivity index is 1.62. The predicted molar refractivity (Wildman–Crippen MR) is 81.9 cm³/mol. The number of amides is 1. The Labute approximate surface area is 132 Å². The normalized spacial score (nSPS) is 16.6. The van der Waals surface area contributed by atoms with Crippen molar-refractivity contribution in [2.45, 2.75) is 25.5 Å². The molecule has 23 heavy (non-hydrogen) atoms. The second kappa shape index (κ2) is 6.62. The van der Waals surface area contributed by atoms with Crippen molar-refractivity contribution >= 4 is 17.7 Å². The standard InChI is InChI=1S/C16H17N3O4/c20-15(17-14-5-7-19(18-14)10-16(21)22)9-13-12-4-2-1-3-11(12)6-8-23-13/h1-5,7,13H,6,8-10H2,(H,21,22)(H,17,18,20)/t13-/m1/s1. The number of rotatable bonds is 5. The van der Waals surface area contributed by atoms with Crippen LogP contribution in [0.5, 0.6) is 0 Å². The number of nitrogens with one attached hydrogen (secondary N) is 1. The molecule has 7 nitrogen and oxygen atoms in total. The number of aromatic nitrogens is 2. The Morgan fingerprint density at radius 2 is 2.17 bits per heavy atom. The summed E-state index contributed by atoms with van der Waals surface area (Å²) in [6.07, 6.45) is 2.30. The van der Waals surface area contributed by atoms with Gasteiger partial charge in [-0.25, -0.2) is 0 Å². The predicted octanol–water partition coefficient (Wildman–Crippen LogP) is 1.61. The van der Waals surface area contributed by atoms with E-state index in [1.54, 1.807) is 6.07 Å². The maximum Gasteiger partial charge on any atom is 0.325 e. The quantitative estimate of drug-likeness (QED) is 0.874. The molecule has 2 heterocycles. The van der Waals surface area contributed by atoms with Crippen molar-refractivity contribution in [1.29, 1.82) is 0 Å². The fourth-order valence-electron chi connectivity index (χ4n) is 2.66. The Morgan fingerprint density at radius 3 is 3.00 bits per heavy atom. The van der Waals surface area contributed by atoms with Gasteiger partial charge in [-0.15, -0.1) is 0 Å². The highest BCUT2D eigenvalue weighted by Gasteiger charge is 2.23. The van der Waals surface area contributed by atoms with E-state index in [1.807, 2.05) is 18.2 Å². The molecular weight excluding hydrogens is 298 g/mol. The topological polar surface area (TPSA) is 93.5 Å². The average molecular weight is 315 g/mol. The molecule has 1 aliphatic rings. The van der Waals surface area contributed by atoms with Crippen molar-refractivity contribution in [2.75, 3.05) is 11.9 Å². The number of carbonyl (C=O) groups is 2. The van der Waals surface area contributed by atoms with Gasteiger partial charge in [0.25, 0.3) is 0 Å². The van der Waals surface area contributed by atoms with Crippen LogP contribution >= 0.6 is 0 Å². The molecule has 2 aromatic rings. The van der Waals surface area contributed by atoms with Gasteiger partial charge < -0.3 is 15.2 Å². The average Bonchev–Trinajstić information content (AvgIpc) is 2.93. The number of carboxylic acid groups (broad SMARTS) is 1. The lowest BCUT2D eigenvalue weighted by Gasteiger charge is -2.25. The third kappa shape index (κ3) is 3.75. The van der Waals surface area contributed by atoms with E-state index in [1.165, 1.54) is 16.4 Å². The zero-order chi connectivity index (χ0) is 16.2. The van der Waals surface area contributed by atoms with E-state index in [0.717, 1.165) is 12.0 Å². The second-order valence-corrected chi connectivity index (χ2v) is 5.35. The van der Waals surface area contributed by atoms with E-state index < -0.39 is 5.97 Å². The molecule has 3 rings (SSSR count). The summed E-state index contributed by atoms with van der Waals surface area (Å²) < 4.78 is 6.96. The first-order valence-corrected chi connectivity index (χ1v) is 7.36. The lowest BCUT2D eigenvalue weighted by molar-refractivity contribution is -0.137. The minimum absolute atomic E-state index is 0.197. The fourth-order valence-corrected chi connectivity index (χ4v) is 2.66. The molecule has 0 fully saturated rings. The summed E-state index contributed by atoms with van der Waals surface area (Å²) in [6.45, 7) is 0.358. The van der Waals surface area contributed by atoms with Crippen molar-refractivity contribution in [3.05, 3.63) is 47.7 Å². The summed E-state index contributed by atoms with van der Waals surface area (Å²) in [5, 5.41) is 15.4. The lowest BCUT2D eigenvalue weighted by atomic mass is 9.96. The highest BCUT2D eigenvalue weighted by atomic mass is 16.5. The van der Waals surface area contributed by atoms with Gasteiger partial charge in [0.2, 0.25) is 5.91 Å². The molecule has 0 radical (unpaired) electrons. The Bertz CT molecular complexity index is 726. The summed E-state index contributed by atoms with van der Waals surface area (Å²) in [4.78, 5) is 22.8. The van der Waals surface area contributed by atoms with Crippen LogP contribution in [0.15, 0.2) is 36.5 Å². The van der Waals surface area contributed by atoms with E-state index in [0.29, 0.717) is 12.4 Å². The minimum Gasteiger partial charge on any atom is -0.480 e. The molecule has 1 aromatic heterocycles. The molecular formula is C16H17N3O4. The van der Waals surface area contributed by atoms with Crippen LogP contribution in [0.2, 0.25) is 0 Å². The number of hydrogen-bond acceptors (Lipinski definition) is 4. The van der Waals surface area contributed by atoms with E-state index in [9.17, 15) is 9.59 Å². The molecule has 0 saturated heterocycles. The molecule has 0 saturated carbocycles. The van der Waals surface area contributed by atoms with Gasteiger partial charge in [-0.1, -0.05) is 24.3 Å². The van der Waals surface area contributed by atoms with Crippen LogP contribution in [0.25, 0.3) is 0 Å². The monoisotopic (exact) mass is 315 g/mol. The van der Waals surface area contributed by atoms with E-state index in [4.69, 9.17) is 9.84 Å². The number of carboxylic acids is 1. The molecule has 7 heteroatoms. The summed E-state index contributed by atoms with van der Waals surface area (Å²) in [5.41, 5.74) is 2.26. The van der Waals surface area contributed by atoms with Gasteiger partial charge in [0.05, 0.1) is 19.1 Å². The van der Waals surface area contributed by atoms with Gasteiger partial charge in [-0.2, -0.15) is 5.10 Å². The van der Waals surface area contributed by atoms with E-state index in [-0.39, 0.29) is 25.0 Å². The number of aliphatic carboxylic acids is 1. The maximum atomic E-state index is 12.2. The fraction of sp³-hybridized carbons (Fsp3) is 0.312. The number of carbonyl (C=O) groups excluding carboxylic acids is 1. The van der Waals surface area contributed by atoms with Crippen LogP contribution in [-0.4, -0.2) is 33.4 Å². The van der Waals surface area contributed by atoms with E-state index in [2.05, 4.69) is 16.5 Å². The van der Waals surface area contributed by atoms with Gasteiger partial charge in [-0.3, -0.25) is 14.3 Å². The van der Waals surface area contributed by atoms with Gasteiger partial charge in [0, 0.05) is 12.3 Å². The van der Waals surface area contributed by atoms with Gasteiger partial charge in [0.15, 0.2) is 5.82 Å². The SMILES string of the molecule is O=C(O)Cn1ccc(NC(=O)C[C@H]2OCCc3ccccc32)n1. The van der Waals surface area contributed by atoms with Crippen LogP contribution in [-0.2, 0) is 27.3 Å². The van der Waals surface area contributed by atoms with Crippen molar-refractivity contribution in [3.63, 3.8) is 0 Å². The Hall–Kier alpha value is -2.67. The molecule has 0 aliphatic carbocycles. The highest BCUT2D eigenvalue weighted by Crippen LogP contribution is 2.29. The van der Waals surface area contributed by atoms with Crippen LogP contribution in [0, 0.1) is 0 Å². The number of hydrogen-bond donors (Lipinski definition) is 2. The zero-order valence-corrected chi connectivity index (χ0v) is 12.4. The summed E-state index contributed by atoms with van der Waals surface area (Å²) >= 11 is 0. The van der Waals surface area contributed by atoms with Crippen LogP contribution in [0.4, 0.5) is 5.82 Å². The Kier molecular flexibility index (Phi) is 4.38. The number of benzene rings is 1. The second-order valence-electron chi connectivity index (χ2n) is 5.35. The molecule has 120 valence electrons. The number of fused-ring (bicyclic) bond motifs is 1. The van der Waals surface area contributed by atoms with Gasteiger partial charge in [0.1, 0.15) is 6.54 Å². The van der Waals surface area contributed by atoms with Crippen molar-refractivity contribution in [1.82, 2.24) is 9.78 Å². The number of ether oxygens (including phenoxy) is 1. The van der Waals surface area contributed by atoms with Crippen molar-refractivity contribution in [3.8, 4) is 0 Å². The third-order valence-corrected chi connectivity index (χ3v) is 3.67. The van der Waals surface area contributed by atoms with Crippen molar-refractivity contribution < 1.29 is 19.4 Å². The first kappa shape index (κ1) is 15.2. The Morgan fingerprint density at radius 1 is 1.35 bits per heavy atom. The minimum atomic E-state index is -0.988. The molecule has 2 N–H and O–H groups in total. The lowest BCUT2D eigenvalue weighted by Crippen LogP contribution is -2.22. The summed E-state index contributed by atoms with van der Waals surface area (Å²) in [7, 11) is 0. The first-order valence-electron chi connectivity index (χ1n) is 7.36. The zero-order valence-electron chi connectivity index (χ0n) is 12.4. The van der Waals surface area contributed by atoms with Gasteiger partial charge >= 0.3 is 5.97 Å². The molecule has 1 atom stereocenters. The molecule has 0 unspecified atom stereocenters.